The van der Waals surface area contributed by atoms with E-state index in [1.807, 2.05) is 13.0 Å². The molecule has 0 saturated carbocycles. The van der Waals surface area contributed by atoms with E-state index >= 15 is 0 Å². The molecule has 0 radical (unpaired) electrons. The number of carbonyl (C=O) groups is 2. The third kappa shape index (κ3) is 1.22. The van der Waals surface area contributed by atoms with E-state index in [-0.39, 0.29) is 12.2 Å². The number of ketones is 1. The normalized spacial score (nSPS) is 15.2. The van der Waals surface area contributed by atoms with Crippen LogP contribution in [0.25, 0.3) is 0 Å². The molecule has 0 aromatic heterocycles. The Kier molecular flexibility index (Phi) is 1.65. The van der Waals surface area contributed by atoms with Crippen molar-refractivity contribution in [1.82, 2.24) is 0 Å². The fraction of sp³-hybridized carbons (Fsp3) is 0.200. The number of para-hydroxylation sites is 1. The molecule has 0 N–H and O–H groups in total. The molecule has 0 atom stereocenters. The lowest BCUT2D eigenvalue weighted by Crippen LogP contribution is -2.21. The molecule has 0 unspecified atom stereocenters. The first-order valence-electron chi connectivity index (χ1n) is 4.02. The van der Waals surface area contributed by atoms with E-state index in [4.69, 9.17) is 4.74 Å². The molecule has 1 aromatic carbocycles. The Morgan fingerprint density at radius 2 is 2.08 bits per heavy atom. The summed E-state index contributed by atoms with van der Waals surface area (Å²) in [6, 6.07) is 5.27. The van der Waals surface area contributed by atoms with E-state index in [1.54, 1.807) is 12.1 Å². The highest BCUT2D eigenvalue weighted by molar-refractivity contribution is 6.11. The lowest BCUT2D eigenvalue weighted by Gasteiger charge is -2.15. The van der Waals surface area contributed by atoms with Crippen molar-refractivity contribution < 1.29 is 14.3 Å². The first kappa shape index (κ1) is 7.98. The number of hydrogen-bond acceptors (Lipinski definition) is 3. The molecule has 1 aliphatic heterocycles. The van der Waals surface area contributed by atoms with Crippen molar-refractivity contribution in [2.75, 3.05) is 0 Å². The zero-order valence-electron chi connectivity index (χ0n) is 7.16. The average Bonchev–Trinajstić information content (AvgIpc) is 2.07. The van der Waals surface area contributed by atoms with Gasteiger partial charge < -0.3 is 4.74 Å². The standard InChI is InChI=1S/C10H8O3/c1-6-3-2-4-7-8(11)5-9(12)13-10(6)7/h2-4H,5H2,1H3. The van der Waals surface area contributed by atoms with Gasteiger partial charge in [0.2, 0.25) is 0 Å². The van der Waals surface area contributed by atoms with Gasteiger partial charge in [-0.05, 0) is 18.6 Å². The van der Waals surface area contributed by atoms with Gasteiger partial charge in [-0.1, -0.05) is 12.1 Å². The molecule has 1 heterocycles. The number of carbonyl (C=O) groups excluding carboxylic acids is 2. The van der Waals surface area contributed by atoms with Crippen LogP contribution in [0.2, 0.25) is 0 Å². The number of fused-ring (bicyclic) bond motifs is 1. The zero-order valence-corrected chi connectivity index (χ0v) is 7.16. The van der Waals surface area contributed by atoms with Crippen molar-refractivity contribution in [3.63, 3.8) is 0 Å². The molecule has 1 aromatic rings. The molecule has 0 bridgehead atoms. The number of hydrogen-bond donors (Lipinski definition) is 0. The summed E-state index contributed by atoms with van der Waals surface area (Å²) in [5.74, 6) is -0.203. The molecule has 0 amide bonds. The SMILES string of the molecule is Cc1cccc2c1OC(=O)CC2=O. The van der Waals surface area contributed by atoms with Gasteiger partial charge in [-0.25, -0.2) is 0 Å². The fourth-order valence-electron chi connectivity index (χ4n) is 1.38. The number of Topliss-reactive ketones (excluding diaryl/α,β-unsaturated/α-hetero) is 1. The summed E-state index contributed by atoms with van der Waals surface area (Å²) in [6.45, 7) is 1.81. The molecule has 0 spiro atoms. The molecule has 0 fully saturated rings. The molecule has 13 heavy (non-hydrogen) atoms. The maximum atomic E-state index is 11.3. The van der Waals surface area contributed by atoms with E-state index < -0.39 is 5.97 Å². The predicted molar refractivity (Wildman–Crippen MR) is 45.8 cm³/mol. The minimum absolute atomic E-state index is 0.142. The van der Waals surface area contributed by atoms with Crippen molar-refractivity contribution in [2.45, 2.75) is 13.3 Å². The lowest BCUT2D eigenvalue weighted by molar-refractivity contribution is -0.133. The minimum atomic E-state index is -0.466. The molecule has 2 rings (SSSR count). The van der Waals surface area contributed by atoms with Crippen LogP contribution in [0.3, 0.4) is 0 Å². The van der Waals surface area contributed by atoms with Crippen LogP contribution in [0.1, 0.15) is 22.3 Å². The Morgan fingerprint density at radius 1 is 1.31 bits per heavy atom. The van der Waals surface area contributed by atoms with Crippen LogP contribution in [0, 0.1) is 6.92 Å². The topological polar surface area (TPSA) is 43.4 Å². The van der Waals surface area contributed by atoms with Crippen molar-refractivity contribution in [3.05, 3.63) is 29.3 Å². The summed E-state index contributed by atoms with van der Waals surface area (Å²) in [5, 5.41) is 0. The summed E-state index contributed by atoms with van der Waals surface area (Å²) in [7, 11) is 0. The van der Waals surface area contributed by atoms with Crippen molar-refractivity contribution in [2.24, 2.45) is 0 Å². The Hall–Kier alpha value is -1.64. The van der Waals surface area contributed by atoms with Crippen molar-refractivity contribution in [3.8, 4) is 5.75 Å². The first-order valence-corrected chi connectivity index (χ1v) is 4.02. The Bertz CT molecular complexity index is 393. The molecule has 0 aliphatic carbocycles. The largest absolute Gasteiger partial charge is 0.425 e. The van der Waals surface area contributed by atoms with Gasteiger partial charge in [-0.3, -0.25) is 9.59 Å². The van der Waals surface area contributed by atoms with Gasteiger partial charge in [0.15, 0.2) is 5.78 Å². The van der Waals surface area contributed by atoms with Crippen LogP contribution in [0.5, 0.6) is 5.75 Å². The van der Waals surface area contributed by atoms with Gasteiger partial charge in [-0.2, -0.15) is 0 Å². The van der Waals surface area contributed by atoms with Gasteiger partial charge in [-0.15, -0.1) is 0 Å². The van der Waals surface area contributed by atoms with E-state index in [0.29, 0.717) is 11.3 Å². The van der Waals surface area contributed by atoms with E-state index in [2.05, 4.69) is 0 Å². The molecule has 1 aliphatic rings. The van der Waals surface area contributed by atoms with Crippen molar-refractivity contribution >= 4 is 11.8 Å². The highest BCUT2D eigenvalue weighted by Gasteiger charge is 2.25. The van der Waals surface area contributed by atoms with Crippen LogP contribution in [0.15, 0.2) is 18.2 Å². The van der Waals surface area contributed by atoms with Crippen molar-refractivity contribution in [1.29, 1.82) is 0 Å². The van der Waals surface area contributed by atoms with Crippen LogP contribution >= 0.6 is 0 Å². The van der Waals surface area contributed by atoms with Gasteiger partial charge in [0.25, 0.3) is 0 Å². The van der Waals surface area contributed by atoms with Gasteiger partial charge >= 0.3 is 5.97 Å². The summed E-state index contributed by atoms with van der Waals surface area (Å²) >= 11 is 0. The number of ether oxygens (including phenoxy) is 1. The second kappa shape index (κ2) is 2.69. The zero-order chi connectivity index (χ0) is 9.42. The summed E-state index contributed by atoms with van der Waals surface area (Å²) < 4.78 is 4.97. The maximum Gasteiger partial charge on any atom is 0.319 e. The molecular weight excluding hydrogens is 168 g/mol. The Labute approximate surface area is 75.3 Å². The molecular formula is C10H8O3. The number of benzene rings is 1. The average molecular weight is 176 g/mol. The summed E-state index contributed by atoms with van der Waals surface area (Å²) in [5.41, 5.74) is 1.33. The molecule has 0 saturated heterocycles. The number of rotatable bonds is 0. The van der Waals surface area contributed by atoms with Crippen LogP contribution < -0.4 is 4.74 Å². The second-order valence-corrected chi connectivity index (χ2v) is 3.03. The second-order valence-electron chi connectivity index (χ2n) is 3.03. The quantitative estimate of drug-likeness (QED) is 0.341. The van der Waals surface area contributed by atoms with E-state index in [9.17, 15) is 9.59 Å². The first-order chi connectivity index (χ1) is 6.18. The third-order valence-electron chi connectivity index (χ3n) is 2.03. The number of esters is 1. The van der Waals surface area contributed by atoms with Crippen LogP contribution in [0.4, 0.5) is 0 Å². The lowest BCUT2D eigenvalue weighted by atomic mass is 10.0. The van der Waals surface area contributed by atoms with Gasteiger partial charge in [0.05, 0.1) is 5.56 Å². The molecule has 66 valence electrons. The predicted octanol–water partition coefficient (Wildman–Crippen LogP) is 1.49. The Morgan fingerprint density at radius 3 is 2.85 bits per heavy atom. The minimum Gasteiger partial charge on any atom is -0.425 e. The van der Waals surface area contributed by atoms with Gasteiger partial charge in [0, 0.05) is 0 Å². The molecule has 3 nitrogen and oxygen atoms in total. The summed E-state index contributed by atoms with van der Waals surface area (Å²) in [6.07, 6.45) is -0.142. The van der Waals surface area contributed by atoms with Gasteiger partial charge in [0.1, 0.15) is 12.2 Å². The van der Waals surface area contributed by atoms with Crippen LogP contribution in [-0.2, 0) is 4.79 Å². The smallest absolute Gasteiger partial charge is 0.319 e. The third-order valence-corrected chi connectivity index (χ3v) is 2.03. The highest BCUT2D eigenvalue weighted by Crippen LogP contribution is 2.28. The summed E-state index contributed by atoms with van der Waals surface area (Å²) in [4.78, 5) is 22.3. The fourth-order valence-corrected chi connectivity index (χ4v) is 1.38. The maximum absolute atomic E-state index is 11.3. The Balaban J connectivity index is 2.61. The highest BCUT2D eigenvalue weighted by atomic mass is 16.5. The monoisotopic (exact) mass is 176 g/mol. The number of aryl methyl sites for hydroxylation is 1. The van der Waals surface area contributed by atoms with Crippen LogP contribution in [-0.4, -0.2) is 11.8 Å². The van der Waals surface area contributed by atoms with E-state index in [0.717, 1.165) is 5.56 Å². The molecule has 3 heteroatoms. The van der Waals surface area contributed by atoms with E-state index in [1.165, 1.54) is 0 Å².